The molecule has 0 bridgehead atoms. The van der Waals surface area contributed by atoms with E-state index in [1.54, 1.807) is 50.4 Å². The quantitative estimate of drug-likeness (QED) is 0.614. The van der Waals surface area contributed by atoms with Gasteiger partial charge in [0.15, 0.2) is 9.84 Å². The molecule has 2 heterocycles. The lowest BCUT2D eigenvalue weighted by Gasteiger charge is -2.04. The van der Waals surface area contributed by atoms with Crippen molar-refractivity contribution in [1.29, 1.82) is 0 Å². The van der Waals surface area contributed by atoms with Crippen LogP contribution >= 0.6 is 0 Å². The summed E-state index contributed by atoms with van der Waals surface area (Å²) >= 11 is 0. The third kappa shape index (κ3) is 5.01. The molecule has 148 valence electrons. The average Bonchev–Trinajstić information content (AvgIpc) is 3.30. The number of hydrogen-bond acceptors (Lipinski definition) is 7. The van der Waals surface area contributed by atoms with Gasteiger partial charge in [0.1, 0.15) is 23.0 Å². The summed E-state index contributed by atoms with van der Waals surface area (Å²) in [5, 5.41) is 2.52. The van der Waals surface area contributed by atoms with Crippen LogP contribution in [0.25, 0.3) is 11.5 Å². The van der Waals surface area contributed by atoms with Crippen molar-refractivity contribution in [2.75, 3.05) is 12.9 Å². The average molecular weight is 404 g/mol. The number of sulfone groups is 1. The fourth-order valence-corrected chi connectivity index (χ4v) is 3.82. The van der Waals surface area contributed by atoms with Gasteiger partial charge in [-0.25, -0.2) is 13.4 Å². The predicted molar refractivity (Wildman–Crippen MR) is 101 cm³/mol. The second-order valence-corrected chi connectivity index (χ2v) is 8.20. The summed E-state index contributed by atoms with van der Waals surface area (Å²) in [6.07, 6.45) is 1.48. The maximum absolute atomic E-state index is 12.4. The lowest BCUT2D eigenvalue weighted by molar-refractivity contribution is -0.118. The molecule has 0 aliphatic carbocycles. The van der Waals surface area contributed by atoms with Crippen molar-refractivity contribution in [3.05, 3.63) is 59.9 Å². The highest BCUT2D eigenvalue weighted by Gasteiger charge is 2.22. The van der Waals surface area contributed by atoms with Gasteiger partial charge in [0, 0.05) is 5.56 Å². The Balaban J connectivity index is 1.64. The molecule has 0 fully saturated rings. The number of oxazole rings is 1. The Bertz CT molecular complexity index is 1040. The minimum atomic E-state index is -3.71. The number of furan rings is 1. The Morgan fingerprint density at radius 3 is 2.61 bits per heavy atom. The molecule has 0 aliphatic heterocycles. The smallest absolute Gasteiger partial charge is 0.235 e. The van der Waals surface area contributed by atoms with Crippen LogP contribution in [0.5, 0.6) is 5.75 Å². The van der Waals surface area contributed by atoms with Crippen LogP contribution in [0.15, 0.2) is 51.5 Å². The van der Waals surface area contributed by atoms with E-state index in [2.05, 4.69) is 10.3 Å². The first-order valence-corrected chi connectivity index (χ1v) is 10.3. The maximum Gasteiger partial charge on any atom is 0.235 e. The molecule has 1 aromatic carbocycles. The Morgan fingerprint density at radius 2 is 1.96 bits per heavy atom. The zero-order valence-corrected chi connectivity index (χ0v) is 16.3. The van der Waals surface area contributed by atoms with Gasteiger partial charge in [0.2, 0.25) is 11.8 Å². The molecule has 1 amide bonds. The number of methoxy groups -OCH3 is 1. The molecule has 0 aliphatic rings. The Hall–Kier alpha value is -3.07. The zero-order chi connectivity index (χ0) is 20.1. The van der Waals surface area contributed by atoms with Crippen LogP contribution < -0.4 is 10.1 Å². The van der Waals surface area contributed by atoms with Crippen molar-refractivity contribution in [2.24, 2.45) is 0 Å². The van der Waals surface area contributed by atoms with Gasteiger partial charge in [-0.15, -0.1) is 0 Å². The first kappa shape index (κ1) is 19.7. The highest BCUT2D eigenvalue weighted by Crippen LogP contribution is 2.25. The van der Waals surface area contributed by atoms with Crippen LogP contribution in [0.4, 0.5) is 0 Å². The molecule has 0 radical (unpaired) electrons. The van der Waals surface area contributed by atoms with E-state index >= 15 is 0 Å². The normalized spacial score (nSPS) is 11.4. The molecule has 1 N–H and O–H groups in total. The van der Waals surface area contributed by atoms with Crippen LogP contribution in [-0.2, 0) is 26.9 Å². The van der Waals surface area contributed by atoms with Gasteiger partial charge in [-0.05, 0) is 43.3 Å². The Kier molecular flexibility index (Phi) is 5.84. The molecule has 3 aromatic rings. The van der Waals surface area contributed by atoms with E-state index in [1.807, 2.05) is 0 Å². The first-order chi connectivity index (χ1) is 13.4. The summed E-state index contributed by atoms with van der Waals surface area (Å²) in [6.45, 7) is 1.77. The number of ether oxygens (including phenoxy) is 1. The van der Waals surface area contributed by atoms with Gasteiger partial charge in [-0.3, -0.25) is 4.79 Å². The lowest BCUT2D eigenvalue weighted by atomic mass is 10.2. The van der Waals surface area contributed by atoms with Crippen molar-refractivity contribution < 1.29 is 26.8 Å². The summed E-state index contributed by atoms with van der Waals surface area (Å²) in [5.74, 6) is 0.313. The number of aromatic nitrogens is 1. The van der Waals surface area contributed by atoms with Crippen LogP contribution in [0.2, 0.25) is 0 Å². The number of hydrogen-bond donors (Lipinski definition) is 1. The zero-order valence-electron chi connectivity index (χ0n) is 15.5. The first-order valence-electron chi connectivity index (χ1n) is 8.46. The molecule has 9 heteroatoms. The number of nitrogens with zero attached hydrogens (tertiary/aromatic N) is 1. The third-order valence-electron chi connectivity index (χ3n) is 3.98. The van der Waals surface area contributed by atoms with Crippen LogP contribution in [0.3, 0.4) is 0 Å². The van der Waals surface area contributed by atoms with Gasteiger partial charge < -0.3 is 18.9 Å². The molecule has 0 unspecified atom stereocenters. The predicted octanol–water partition coefficient (Wildman–Crippen LogP) is 2.48. The van der Waals surface area contributed by atoms with Crippen molar-refractivity contribution >= 4 is 15.7 Å². The van der Waals surface area contributed by atoms with E-state index < -0.39 is 21.5 Å². The van der Waals surface area contributed by atoms with Gasteiger partial charge in [-0.1, -0.05) is 0 Å². The van der Waals surface area contributed by atoms with Gasteiger partial charge in [-0.2, -0.15) is 0 Å². The van der Waals surface area contributed by atoms with Crippen molar-refractivity contribution in [3.8, 4) is 17.2 Å². The number of carbonyl (C=O) groups is 1. The second-order valence-electron chi connectivity index (χ2n) is 6.14. The summed E-state index contributed by atoms with van der Waals surface area (Å²) in [7, 11) is -2.14. The Labute approximate surface area is 162 Å². The molecule has 0 atom stereocenters. The molecular weight excluding hydrogens is 384 g/mol. The molecule has 0 saturated heterocycles. The molecule has 0 spiro atoms. The van der Waals surface area contributed by atoms with E-state index in [1.165, 1.54) is 6.26 Å². The summed E-state index contributed by atoms with van der Waals surface area (Å²) in [5.41, 5.74) is 0.980. The monoisotopic (exact) mass is 404 g/mol. The van der Waals surface area contributed by atoms with E-state index in [-0.39, 0.29) is 18.0 Å². The summed E-state index contributed by atoms with van der Waals surface area (Å²) < 4.78 is 40.5. The second kappa shape index (κ2) is 8.30. The van der Waals surface area contributed by atoms with Crippen LogP contribution in [0, 0.1) is 6.92 Å². The standard InChI is InChI=1S/C19H20N2O6S/c1-13-17(21-19(27-13)14-5-7-15(25-2)8-6-14)11-28(23,24)12-18(22)20-10-16-4-3-9-26-16/h3-9H,10-12H2,1-2H3,(H,20,22). The van der Waals surface area contributed by atoms with E-state index in [0.717, 1.165) is 0 Å². The van der Waals surface area contributed by atoms with E-state index in [4.69, 9.17) is 13.6 Å². The number of carbonyl (C=O) groups excluding carboxylic acids is 1. The van der Waals surface area contributed by atoms with Crippen molar-refractivity contribution in [1.82, 2.24) is 10.3 Å². The van der Waals surface area contributed by atoms with E-state index in [9.17, 15) is 13.2 Å². The van der Waals surface area contributed by atoms with Gasteiger partial charge >= 0.3 is 0 Å². The molecule has 3 rings (SSSR count). The fraction of sp³-hybridized carbons (Fsp3) is 0.263. The minimum Gasteiger partial charge on any atom is -0.497 e. The SMILES string of the molecule is COc1ccc(-c2nc(CS(=O)(=O)CC(=O)NCc3ccco3)c(C)o2)cc1. The minimum absolute atomic E-state index is 0.131. The van der Waals surface area contributed by atoms with Gasteiger partial charge in [0.05, 0.1) is 31.4 Å². The summed E-state index contributed by atoms with van der Waals surface area (Å²) in [6, 6.07) is 10.4. The fourth-order valence-electron chi connectivity index (χ4n) is 2.53. The number of benzene rings is 1. The molecule has 0 saturated carbocycles. The van der Waals surface area contributed by atoms with Crippen molar-refractivity contribution in [3.63, 3.8) is 0 Å². The number of amides is 1. The molecule has 28 heavy (non-hydrogen) atoms. The van der Waals surface area contributed by atoms with Gasteiger partial charge in [0.25, 0.3) is 0 Å². The van der Waals surface area contributed by atoms with Crippen LogP contribution in [0.1, 0.15) is 17.2 Å². The lowest BCUT2D eigenvalue weighted by Crippen LogP contribution is -2.30. The topological polar surface area (TPSA) is 112 Å². The van der Waals surface area contributed by atoms with Crippen molar-refractivity contribution in [2.45, 2.75) is 19.2 Å². The number of rotatable bonds is 8. The highest BCUT2D eigenvalue weighted by atomic mass is 32.2. The number of aryl methyl sites for hydroxylation is 1. The summed E-state index contributed by atoms with van der Waals surface area (Å²) in [4.78, 5) is 16.2. The third-order valence-corrected chi connectivity index (χ3v) is 5.39. The van der Waals surface area contributed by atoms with Crippen LogP contribution in [-0.4, -0.2) is 32.2 Å². The Morgan fingerprint density at radius 1 is 1.21 bits per heavy atom. The van der Waals surface area contributed by atoms with E-state index in [0.29, 0.717) is 28.7 Å². The maximum atomic E-state index is 12.4. The highest BCUT2D eigenvalue weighted by molar-refractivity contribution is 7.91. The molecule has 8 nitrogen and oxygen atoms in total. The largest absolute Gasteiger partial charge is 0.497 e. The molecular formula is C19H20N2O6S. The molecule has 2 aromatic heterocycles. The number of nitrogens with one attached hydrogen (secondary N) is 1.